The second kappa shape index (κ2) is 51.7. The minimum Gasteiger partial charge on any atom is -0.462 e. The molecule has 0 aromatic rings. The Morgan fingerprint density at radius 3 is 1.09 bits per heavy atom. The second-order valence-corrected chi connectivity index (χ2v) is 20.3. The van der Waals surface area contributed by atoms with Crippen LogP contribution in [0.3, 0.4) is 0 Å². The Bertz CT molecular complexity index is 1150. The topological polar surface area (TPSA) is 108 Å². The summed E-state index contributed by atoms with van der Waals surface area (Å²) in [6, 6.07) is 0. The molecule has 0 amide bonds. The Morgan fingerprint density at radius 1 is 0.431 bits per heavy atom. The van der Waals surface area contributed by atoms with E-state index in [1.54, 1.807) is 0 Å². The molecule has 0 saturated carbocycles. The van der Waals surface area contributed by atoms with Crippen molar-refractivity contribution >= 4 is 19.8 Å². The van der Waals surface area contributed by atoms with Crippen LogP contribution in [0.15, 0.2) is 36.5 Å². The molecule has 0 heterocycles. The van der Waals surface area contributed by atoms with Gasteiger partial charge >= 0.3 is 19.8 Å². The van der Waals surface area contributed by atoms with E-state index in [-0.39, 0.29) is 19.0 Å². The van der Waals surface area contributed by atoms with Gasteiger partial charge in [-0.05, 0) is 70.6 Å². The smallest absolute Gasteiger partial charge is 0.462 e. The molecule has 0 aliphatic carbocycles. The maximum Gasteiger partial charge on any atom is 0.472 e. The first-order valence-electron chi connectivity index (χ1n) is 27.7. The molecule has 0 aromatic heterocycles. The molecule has 0 rings (SSSR count). The molecule has 0 aromatic carbocycles. The number of phosphoric acid groups is 1. The van der Waals surface area contributed by atoms with Gasteiger partial charge in [0.25, 0.3) is 0 Å². The molecule has 2 unspecified atom stereocenters. The van der Waals surface area contributed by atoms with Crippen molar-refractivity contribution in [2.45, 2.75) is 290 Å². The van der Waals surface area contributed by atoms with Crippen molar-refractivity contribution in [3.8, 4) is 0 Å². The first kappa shape index (κ1) is 63.3. The molecular weight excluding hydrogens is 832 g/mol. The van der Waals surface area contributed by atoms with Crippen molar-refractivity contribution in [3.63, 3.8) is 0 Å². The molecule has 1 N–H and O–H groups in total. The SMILES string of the molecule is CCCCCCC/C=C\C/C=C\CCCCCCCCCCCCCC(=O)OC(COC(=O)CCCCCCCCCCCCC/C=C\CCCCCCCCCC)COP(=O)(O)OC. The van der Waals surface area contributed by atoms with Gasteiger partial charge < -0.3 is 14.4 Å². The van der Waals surface area contributed by atoms with Crippen LogP contribution in [0.4, 0.5) is 0 Å². The summed E-state index contributed by atoms with van der Waals surface area (Å²) >= 11 is 0. The number of allylic oxidation sites excluding steroid dienone is 6. The van der Waals surface area contributed by atoms with Crippen molar-refractivity contribution in [2.24, 2.45) is 0 Å². The van der Waals surface area contributed by atoms with E-state index < -0.39 is 26.5 Å². The lowest BCUT2D eigenvalue weighted by atomic mass is 10.0. The molecule has 0 bridgehead atoms. The van der Waals surface area contributed by atoms with Gasteiger partial charge in [-0.3, -0.25) is 18.6 Å². The first-order chi connectivity index (χ1) is 31.8. The Balaban J connectivity index is 3.85. The summed E-state index contributed by atoms with van der Waals surface area (Å²) in [5.74, 6) is -0.794. The predicted molar refractivity (Wildman–Crippen MR) is 276 cm³/mol. The van der Waals surface area contributed by atoms with Gasteiger partial charge in [0.05, 0.1) is 6.61 Å². The van der Waals surface area contributed by atoms with Gasteiger partial charge in [0.1, 0.15) is 6.61 Å². The average Bonchev–Trinajstić information content (AvgIpc) is 3.30. The van der Waals surface area contributed by atoms with Crippen LogP contribution in [0.2, 0.25) is 0 Å². The van der Waals surface area contributed by atoms with Crippen LogP contribution >= 0.6 is 7.82 Å². The van der Waals surface area contributed by atoms with Gasteiger partial charge in [-0.25, -0.2) is 4.57 Å². The van der Waals surface area contributed by atoms with Crippen LogP contribution in [0, 0.1) is 0 Å². The van der Waals surface area contributed by atoms with Gasteiger partial charge in [0.2, 0.25) is 0 Å². The number of hydrogen-bond acceptors (Lipinski definition) is 7. The largest absolute Gasteiger partial charge is 0.472 e. The monoisotopic (exact) mass is 937 g/mol. The highest BCUT2D eigenvalue weighted by molar-refractivity contribution is 7.47. The molecule has 0 spiro atoms. The van der Waals surface area contributed by atoms with Crippen molar-refractivity contribution in [2.75, 3.05) is 20.3 Å². The molecule has 0 aliphatic rings. The Morgan fingerprint density at radius 2 is 0.738 bits per heavy atom. The number of hydrogen-bond donors (Lipinski definition) is 1. The maximum atomic E-state index is 12.6. The summed E-state index contributed by atoms with van der Waals surface area (Å²) in [5.41, 5.74) is 0. The van der Waals surface area contributed by atoms with Gasteiger partial charge in [-0.2, -0.15) is 0 Å². The molecule has 2 atom stereocenters. The van der Waals surface area contributed by atoms with Crippen LogP contribution in [-0.2, 0) is 32.7 Å². The fourth-order valence-electron chi connectivity index (χ4n) is 8.10. The van der Waals surface area contributed by atoms with E-state index in [0.717, 1.165) is 45.6 Å². The van der Waals surface area contributed by atoms with Crippen molar-refractivity contribution in [1.29, 1.82) is 0 Å². The fraction of sp³-hybridized carbons (Fsp3) is 0.857. The van der Waals surface area contributed by atoms with Crippen LogP contribution in [0.1, 0.15) is 284 Å². The van der Waals surface area contributed by atoms with Crippen LogP contribution in [-0.4, -0.2) is 43.3 Å². The fourth-order valence-corrected chi connectivity index (χ4v) is 8.56. The molecule has 0 aliphatic heterocycles. The number of ether oxygens (including phenoxy) is 2. The highest BCUT2D eigenvalue weighted by Crippen LogP contribution is 2.42. The summed E-state index contributed by atoms with van der Waals surface area (Å²) in [4.78, 5) is 34.7. The minimum atomic E-state index is -4.27. The number of carbonyl (C=O) groups excluding carboxylic acids is 2. The standard InChI is InChI=1S/C56H105O8P/c1-4-6-8-10-12-14-16-18-20-22-24-26-28-30-32-34-36-38-40-42-44-46-48-50-55(57)62-52-54(53-63-65(59,60)61-3)64-56(58)51-49-47-45-43-41-39-37-35-33-31-29-27-25-23-21-19-17-15-13-11-9-7-5-2/h17,19,22-25,54H,4-16,18,20-21,26-53H2,1-3H3,(H,59,60)/b19-17-,24-22-,25-23-. The van der Waals surface area contributed by atoms with E-state index in [9.17, 15) is 19.0 Å². The lowest BCUT2D eigenvalue weighted by Gasteiger charge is -2.19. The molecule has 0 saturated heterocycles. The highest BCUT2D eigenvalue weighted by Gasteiger charge is 2.24. The normalized spacial score (nSPS) is 13.4. The van der Waals surface area contributed by atoms with Crippen molar-refractivity contribution in [3.05, 3.63) is 36.5 Å². The number of unbranched alkanes of at least 4 members (excludes halogenated alkanes) is 35. The number of carbonyl (C=O) groups is 2. The number of phosphoric ester groups is 1. The van der Waals surface area contributed by atoms with Gasteiger partial charge in [0.15, 0.2) is 6.10 Å². The molecule has 0 radical (unpaired) electrons. The number of rotatable bonds is 52. The average molecular weight is 937 g/mol. The third-order valence-corrected chi connectivity index (χ3v) is 13.3. The lowest BCUT2D eigenvalue weighted by Crippen LogP contribution is -2.29. The first-order valence-corrected chi connectivity index (χ1v) is 29.2. The van der Waals surface area contributed by atoms with E-state index in [2.05, 4.69) is 54.8 Å². The lowest BCUT2D eigenvalue weighted by molar-refractivity contribution is -0.161. The van der Waals surface area contributed by atoms with Gasteiger partial charge in [-0.1, -0.05) is 237 Å². The van der Waals surface area contributed by atoms with Gasteiger partial charge in [0, 0.05) is 20.0 Å². The summed E-state index contributed by atoms with van der Waals surface area (Å²) in [6.07, 6.45) is 63.6. The molecule has 382 valence electrons. The highest BCUT2D eigenvalue weighted by atomic mass is 31.2. The molecule has 8 nitrogen and oxygen atoms in total. The Labute approximate surface area is 402 Å². The summed E-state index contributed by atoms with van der Waals surface area (Å²) in [6.45, 7) is 3.92. The number of esters is 2. The predicted octanol–water partition coefficient (Wildman–Crippen LogP) is 18.3. The Hall–Kier alpha value is -1.73. The molecular formula is C56H105O8P. The van der Waals surface area contributed by atoms with E-state index in [1.807, 2.05) is 0 Å². The van der Waals surface area contributed by atoms with Crippen LogP contribution < -0.4 is 0 Å². The third kappa shape index (κ3) is 51.5. The summed E-state index contributed by atoms with van der Waals surface area (Å²) in [7, 11) is -3.20. The zero-order valence-electron chi connectivity index (χ0n) is 42.9. The molecule has 65 heavy (non-hydrogen) atoms. The Kier molecular flexibility index (Phi) is 50.3. The molecule has 0 fully saturated rings. The van der Waals surface area contributed by atoms with Gasteiger partial charge in [-0.15, -0.1) is 0 Å². The summed E-state index contributed by atoms with van der Waals surface area (Å²) < 4.78 is 32.2. The van der Waals surface area contributed by atoms with E-state index in [1.165, 1.54) is 212 Å². The van der Waals surface area contributed by atoms with E-state index in [0.29, 0.717) is 12.8 Å². The zero-order chi connectivity index (χ0) is 47.4. The minimum absolute atomic E-state index is 0.224. The van der Waals surface area contributed by atoms with Crippen LogP contribution in [0.25, 0.3) is 0 Å². The molecule has 9 heteroatoms. The third-order valence-electron chi connectivity index (χ3n) is 12.4. The quantitative estimate of drug-likeness (QED) is 0.0278. The maximum absolute atomic E-state index is 12.6. The van der Waals surface area contributed by atoms with E-state index in [4.69, 9.17) is 14.0 Å². The summed E-state index contributed by atoms with van der Waals surface area (Å²) in [5, 5.41) is 0. The van der Waals surface area contributed by atoms with Crippen molar-refractivity contribution < 1.29 is 37.6 Å². The second-order valence-electron chi connectivity index (χ2n) is 18.7. The van der Waals surface area contributed by atoms with Crippen molar-refractivity contribution in [1.82, 2.24) is 0 Å². The van der Waals surface area contributed by atoms with E-state index >= 15 is 0 Å². The zero-order valence-corrected chi connectivity index (χ0v) is 43.8. The van der Waals surface area contributed by atoms with Crippen LogP contribution in [0.5, 0.6) is 0 Å².